The number of nitrogens with one attached hydrogen (secondary N) is 1. The van der Waals surface area contributed by atoms with E-state index in [1.54, 1.807) is 6.92 Å². The fourth-order valence-corrected chi connectivity index (χ4v) is 4.76. The average molecular weight is 594 g/mol. The number of nitrogens with two attached hydrogens (primary N) is 1. The van der Waals surface area contributed by atoms with Crippen LogP contribution in [0.4, 0.5) is 33.7 Å². The van der Waals surface area contributed by atoms with Crippen LogP contribution >= 0.6 is 0 Å². The second kappa shape index (κ2) is 13.1. The van der Waals surface area contributed by atoms with Crippen molar-refractivity contribution in [2.75, 3.05) is 55.7 Å². The highest BCUT2D eigenvalue weighted by Gasteiger charge is 2.35. The maximum atomic E-state index is 15.2. The molecule has 0 saturated carbocycles. The fraction of sp³-hybridized carbons (Fsp3) is 0.407. The molecule has 0 radical (unpaired) electrons. The number of halogens is 4. The molecule has 4 rings (SSSR count). The van der Waals surface area contributed by atoms with Crippen LogP contribution in [0.1, 0.15) is 24.2 Å². The van der Waals surface area contributed by atoms with Gasteiger partial charge in [-0.05, 0) is 31.6 Å². The monoisotopic (exact) mass is 593 g/mol. The van der Waals surface area contributed by atoms with E-state index in [-0.39, 0.29) is 56.2 Å². The number of piperazine rings is 1. The fourth-order valence-electron chi connectivity index (χ4n) is 4.76. The number of benzene rings is 1. The van der Waals surface area contributed by atoms with E-state index >= 15 is 8.78 Å². The lowest BCUT2D eigenvalue weighted by Crippen LogP contribution is -2.54. The minimum absolute atomic E-state index is 0.0177. The van der Waals surface area contributed by atoms with Gasteiger partial charge in [-0.1, -0.05) is 0 Å². The summed E-state index contributed by atoms with van der Waals surface area (Å²) in [5.74, 6) is 1.82. The number of nitrogens with zero attached hydrogens (tertiary/aromatic N) is 5. The third kappa shape index (κ3) is 6.90. The smallest absolute Gasteiger partial charge is 0.414 e. The number of alkyl halides is 1. The summed E-state index contributed by atoms with van der Waals surface area (Å²) in [5.41, 5.74) is -0.259. The molecule has 1 aromatic heterocycles. The molecule has 3 heterocycles. The van der Waals surface area contributed by atoms with Crippen LogP contribution in [0.2, 0.25) is 0 Å². The number of hydrogen-bond acceptors (Lipinski definition) is 8. The molecule has 15 heteroatoms. The first-order valence-electron chi connectivity index (χ1n) is 13.1. The Morgan fingerprint density at radius 3 is 2.50 bits per heavy atom. The molecule has 3 amide bonds. The first-order chi connectivity index (χ1) is 20.0. The number of aromatic nitrogens is 1. The van der Waals surface area contributed by atoms with Crippen molar-refractivity contribution in [1.82, 2.24) is 20.2 Å². The maximum Gasteiger partial charge on any atom is 0.414 e. The number of cyclic esters (lactones) is 1. The van der Waals surface area contributed by atoms with Gasteiger partial charge in [0.05, 0.1) is 24.3 Å². The van der Waals surface area contributed by atoms with Crippen LogP contribution in [0.3, 0.4) is 0 Å². The van der Waals surface area contributed by atoms with E-state index in [4.69, 9.17) is 10.6 Å². The lowest BCUT2D eigenvalue weighted by molar-refractivity contribution is -0.133. The maximum absolute atomic E-state index is 15.2. The average Bonchev–Trinajstić information content (AvgIpc) is 3.31. The highest BCUT2D eigenvalue weighted by atomic mass is 19.1. The van der Waals surface area contributed by atoms with Gasteiger partial charge in [-0.3, -0.25) is 14.5 Å². The van der Waals surface area contributed by atoms with E-state index in [1.807, 2.05) is 0 Å². The number of carbonyl (C=O) groups excluding carboxylic acids is 3. The Morgan fingerprint density at radius 1 is 1.21 bits per heavy atom. The number of anilines is 2. The van der Waals surface area contributed by atoms with Crippen LogP contribution < -0.4 is 21.0 Å². The van der Waals surface area contributed by atoms with Crippen LogP contribution in [0, 0.1) is 17.6 Å². The Kier molecular flexibility index (Phi) is 9.50. The molecule has 2 aromatic rings. The van der Waals surface area contributed by atoms with Gasteiger partial charge in [-0.15, -0.1) is 0 Å². The van der Waals surface area contributed by atoms with E-state index in [0.717, 1.165) is 17.0 Å². The van der Waals surface area contributed by atoms with Crippen LogP contribution in [-0.2, 0) is 9.53 Å². The zero-order valence-corrected chi connectivity index (χ0v) is 23.0. The van der Waals surface area contributed by atoms with Crippen molar-refractivity contribution in [3.05, 3.63) is 65.4 Å². The van der Waals surface area contributed by atoms with Gasteiger partial charge in [0.25, 0.3) is 5.91 Å². The Labute approximate surface area is 239 Å². The number of pyridine rings is 1. The number of hydrazine groups is 1. The summed E-state index contributed by atoms with van der Waals surface area (Å²) >= 11 is 0. The van der Waals surface area contributed by atoms with E-state index in [1.165, 1.54) is 46.3 Å². The molecule has 3 N–H and O–H groups in total. The molecule has 0 spiro atoms. The number of allylic oxidation sites excluding steroid dienone is 1. The van der Waals surface area contributed by atoms with E-state index < -0.39 is 54.3 Å². The minimum Gasteiger partial charge on any atom is -0.442 e. The number of carbonyl (C=O) groups is 3. The highest BCUT2D eigenvalue weighted by molar-refractivity contribution is 5.97. The van der Waals surface area contributed by atoms with E-state index in [0.29, 0.717) is 5.57 Å². The van der Waals surface area contributed by atoms with E-state index in [9.17, 15) is 23.2 Å². The summed E-state index contributed by atoms with van der Waals surface area (Å²) in [6.45, 7) is 2.79. The van der Waals surface area contributed by atoms with Gasteiger partial charge in [-0.25, -0.2) is 28.8 Å². The van der Waals surface area contributed by atoms with Gasteiger partial charge in [-0.2, -0.15) is 4.39 Å². The highest BCUT2D eigenvalue weighted by Crippen LogP contribution is 2.31. The molecule has 11 nitrogen and oxygen atoms in total. The molecule has 42 heavy (non-hydrogen) atoms. The van der Waals surface area contributed by atoms with Crippen molar-refractivity contribution in [3.63, 3.8) is 0 Å². The summed E-state index contributed by atoms with van der Waals surface area (Å²) in [5, 5.41) is 3.62. The number of ether oxygens (including phenoxy) is 1. The number of hydrogen-bond donors (Lipinski definition) is 2. The molecular weight excluding hydrogens is 562 g/mol. The van der Waals surface area contributed by atoms with Crippen molar-refractivity contribution in [3.8, 4) is 0 Å². The summed E-state index contributed by atoms with van der Waals surface area (Å²) < 4.78 is 62.1. The first kappa shape index (κ1) is 30.6. The minimum atomic E-state index is -0.976. The topological polar surface area (TPSA) is 124 Å². The molecule has 2 aliphatic rings. The predicted octanol–water partition coefficient (Wildman–Crippen LogP) is 2.34. The quantitative estimate of drug-likeness (QED) is 0.197. The predicted molar refractivity (Wildman–Crippen MR) is 145 cm³/mol. The number of rotatable bonds is 9. The Hall–Kier alpha value is -4.40. The lowest BCUT2D eigenvalue weighted by Gasteiger charge is -2.37. The molecule has 226 valence electrons. The van der Waals surface area contributed by atoms with Crippen molar-refractivity contribution in [2.24, 2.45) is 5.84 Å². The van der Waals surface area contributed by atoms with Crippen LogP contribution in [0.15, 0.2) is 42.2 Å². The third-order valence-electron chi connectivity index (χ3n) is 6.83. The van der Waals surface area contributed by atoms with Crippen LogP contribution in [-0.4, -0.2) is 90.9 Å². The Bertz CT molecular complexity index is 1350. The van der Waals surface area contributed by atoms with Gasteiger partial charge in [0, 0.05) is 50.7 Å². The van der Waals surface area contributed by atoms with Crippen molar-refractivity contribution in [1.29, 1.82) is 0 Å². The molecule has 0 bridgehead atoms. The molecule has 2 saturated heterocycles. The first-order valence-corrected chi connectivity index (χ1v) is 13.1. The van der Waals surface area contributed by atoms with Crippen LogP contribution in [0.5, 0.6) is 0 Å². The van der Waals surface area contributed by atoms with Gasteiger partial charge in [0.1, 0.15) is 24.5 Å². The Morgan fingerprint density at radius 2 is 1.88 bits per heavy atom. The van der Waals surface area contributed by atoms with Crippen molar-refractivity contribution >= 4 is 29.3 Å². The summed E-state index contributed by atoms with van der Waals surface area (Å²) in [7, 11) is 0. The second-order valence-corrected chi connectivity index (χ2v) is 10.0. The molecule has 2 fully saturated rings. The normalized spacial score (nSPS) is 18.2. The molecule has 0 aliphatic carbocycles. The van der Waals surface area contributed by atoms with Crippen molar-refractivity contribution < 1.29 is 36.7 Å². The summed E-state index contributed by atoms with van der Waals surface area (Å²) in [6, 6.07) is 3.73. The van der Waals surface area contributed by atoms with Gasteiger partial charge < -0.3 is 24.9 Å². The van der Waals surface area contributed by atoms with Crippen molar-refractivity contribution in [2.45, 2.75) is 26.0 Å². The zero-order valence-electron chi connectivity index (χ0n) is 23.0. The van der Waals surface area contributed by atoms with Gasteiger partial charge in [0.15, 0.2) is 11.6 Å². The zero-order chi connectivity index (χ0) is 30.6. The summed E-state index contributed by atoms with van der Waals surface area (Å²) in [4.78, 5) is 45.0. The van der Waals surface area contributed by atoms with Gasteiger partial charge in [0.2, 0.25) is 11.9 Å². The summed E-state index contributed by atoms with van der Waals surface area (Å²) in [6.07, 6.45) is 1.06. The largest absolute Gasteiger partial charge is 0.442 e. The SMILES string of the molecule is C/C(=C\N(N)C[C@H]1CN(c2cc(F)c(N3CCN(C(=O)[C@H](C)NC(=O)c4cccnc4F)CC3)c(F)c2)C(=O)O1)CF. The standard InChI is InChI=1S/C27H31F4N7O4/c1-16(12-28)13-37(32)14-19-15-38(27(41)42-19)18-10-21(29)23(22(30)11-18)35-6-8-36(9-7-35)26(40)17(2)34-25(39)20-4-3-5-33-24(20)31/h3-5,10-11,13,17,19H,6-9,12,14-15,32H2,1-2H3,(H,34,39)/b16-13+/t17-,19-/m0/s1. The molecule has 0 unspecified atom stereocenters. The lowest BCUT2D eigenvalue weighted by atomic mass is 10.1. The van der Waals surface area contributed by atoms with E-state index in [2.05, 4.69) is 10.3 Å². The Balaban J connectivity index is 1.35. The number of amides is 3. The molecular formula is C27H31F4N7O4. The van der Waals surface area contributed by atoms with Gasteiger partial charge >= 0.3 is 6.09 Å². The van der Waals surface area contributed by atoms with Crippen LogP contribution in [0.25, 0.3) is 0 Å². The molecule has 2 atom stereocenters. The third-order valence-corrected chi connectivity index (χ3v) is 6.83. The molecule has 1 aromatic carbocycles. The molecule has 2 aliphatic heterocycles. The second-order valence-electron chi connectivity index (χ2n) is 10.0.